The molecular weight excluding hydrogens is 326 g/mol. The second-order valence-electron chi connectivity index (χ2n) is 4.81. The number of aromatic nitrogens is 2. The molecule has 0 atom stereocenters. The van der Waals surface area contributed by atoms with Crippen molar-refractivity contribution in [2.45, 2.75) is 19.0 Å². The fourth-order valence-corrected chi connectivity index (χ4v) is 2.33. The van der Waals surface area contributed by atoms with Gasteiger partial charge in [0.05, 0.1) is 11.5 Å². The smallest absolute Gasteiger partial charge is 0.250 e. The Hall–Kier alpha value is -2.74. The van der Waals surface area contributed by atoms with Crippen molar-refractivity contribution in [3.63, 3.8) is 0 Å². The number of thioether (sulfide) groups is 1. The maximum atomic E-state index is 11.8. The van der Waals surface area contributed by atoms with E-state index in [1.807, 2.05) is 12.1 Å². The summed E-state index contributed by atoms with van der Waals surface area (Å²) in [5.41, 5.74) is 4.73. The number of carbonyl (C=O) groups is 2. The topological polar surface area (TPSA) is 96.3 Å². The summed E-state index contributed by atoms with van der Waals surface area (Å²) >= 11 is 1.24. The van der Waals surface area contributed by atoms with Gasteiger partial charge in [-0.3, -0.25) is 9.59 Å². The van der Waals surface area contributed by atoms with Crippen molar-refractivity contribution in [1.82, 2.24) is 15.4 Å². The molecule has 0 spiro atoms. The third-order valence-corrected chi connectivity index (χ3v) is 3.72. The van der Waals surface area contributed by atoms with Crippen LogP contribution in [0.5, 0.6) is 0 Å². The first-order valence-electron chi connectivity index (χ1n) is 7.15. The molecule has 8 heteroatoms. The molecule has 124 valence electrons. The summed E-state index contributed by atoms with van der Waals surface area (Å²) in [5, 5.41) is 7.31. The average Bonchev–Trinajstić information content (AvgIpc) is 2.59. The van der Waals surface area contributed by atoms with Gasteiger partial charge in [-0.15, -0.1) is 0 Å². The Labute approximate surface area is 144 Å². The highest BCUT2D eigenvalue weighted by Gasteiger charge is 2.04. The van der Waals surface area contributed by atoms with Crippen LogP contribution in [-0.2, 0) is 9.59 Å². The lowest BCUT2D eigenvalue weighted by Crippen LogP contribution is -2.21. The summed E-state index contributed by atoms with van der Waals surface area (Å²) in [5.74, 6) is -0.176. The van der Waals surface area contributed by atoms with E-state index in [1.165, 1.54) is 18.7 Å². The van der Waals surface area contributed by atoms with Gasteiger partial charge in [0.2, 0.25) is 5.91 Å². The Balaban J connectivity index is 1.86. The molecule has 0 aliphatic rings. The lowest BCUT2D eigenvalue weighted by molar-refractivity contribution is -0.118. The molecule has 0 aliphatic heterocycles. The van der Waals surface area contributed by atoms with Crippen LogP contribution in [0.4, 0.5) is 5.69 Å². The molecule has 7 nitrogen and oxygen atoms in total. The molecule has 1 aromatic carbocycles. The van der Waals surface area contributed by atoms with Crippen molar-refractivity contribution in [1.29, 1.82) is 0 Å². The maximum Gasteiger partial charge on any atom is 0.250 e. The van der Waals surface area contributed by atoms with Crippen LogP contribution < -0.4 is 10.7 Å². The minimum atomic E-state index is -0.235. The Morgan fingerprint density at radius 3 is 2.42 bits per heavy atom. The number of nitrogens with one attached hydrogen (secondary N) is 2. The molecule has 0 unspecified atom stereocenters. The molecule has 1 aromatic heterocycles. The lowest BCUT2D eigenvalue weighted by Gasteiger charge is -2.05. The van der Waals surface area contributed by atoms with Gasteiger partial charge < -0.3 is 5.32 Å². The highest BCUT2D eigenvalue weighted by atomic mass is 32.2. The first-order chi connectivity index (χ1) is 11.5. The van der Waals surface area contributed by atoms with E-state index >= 15 is 0 Å². The van der Waals surface area contributed by atoms with Gasteiger partial charge in [-0.2, -0.15) is 5.10 Å². The molecule has 0 fully saturated rings. The van der Waals surface area contributed by atoms with Crippen molar-refractivity contribution in [3.8, 4) is 0 Å². The number of anilines is 1. The molecule has 0 saturated heterocycles. The van der Waals surface area contributed by atoms with E-state index in [0.717, 1.165) is 5.56 Å². The quantitative estimate of drug-likeness (QED) is 0.362. The first kappa shape index (κ1) is 17.6. The highest BCUT2D eigenvalue weighted by Crippen LogP contribution is 2.11. The normalized spacial score (nSPS) is 11.0. The summed E-state index contributed by atoms with van der Waals surface area (Å²) in [4.78, 5) is 30.8. The molecule has 2 amide bonds. The van der Waals surface area contributed by atoms with E-state index in [2.05, 4.69) is 25.8 Å². The molecule has 2 rings (SSSR count). The van der Waals surface area contributed by atoms with Crippen LogP contribution in [0.3, 0.4) is 0 Å². The minimum absolute atomic E-state index is 0.125. The number of hydrazone groups is 1. The van der Waals surface area contributed by atoms with E-state index in [9.17, 15) is 9.59 Å². The second-order valence-corrected chi connectivity index (χ2v) is 5.75. The second kappa shape index (κ2) is 8.78. The van der Waals surface area contributed by atoms with Crippen molar-refractivity contribution >= 4 is 35.0 Å². The summed E-state index contributed by atoms with van der Waals surface area (Å²) < 4.78 is 0. The van der Waals surface area contributed by atoms with Crippen molar-refractivity contribution in [2.24, 2.45) is 5.10 Å². The van der Waals surface area contributed by atoms with E-state index < -0.39 is 0 Å². The number of benzene rings is 1. The Kier molecular flexibility index (Phi) is 6.44. The van der Waals surface area contributed by atoms with Crippen molar-refractivity contribution in [3.05, 3.63) is 48.3 Å². The summed E-state index contributed by atoms with van der Waals surface area (Å²) in [6.07, 6.45) is 3.25. The van der Waals surface area contributed by atoms with Crippen LogP contribution in [0.1, 0.15) is 19.4 Å². The first-order valence-corrected chi connectivity index (χ1v) is 8.14. The zero-order valence-corrected chi connectivity index (χ0v) is 14.1. The molecule has 2 aromatic rings. The van der Waals surface area contributed by atoms with Gasteiger partial charge in [0.15, 0.2) is 5.16 Å². The fraction of sp³-hybridized carbons (Fsp3) is 0.188. The summed E-state index contributed by atoms with van der Waals surface area (Å²) in [7, 11) is 0. The molecule has 1 heterocycles. The van der Waals surface area contributed by atoms with Crippen LogP contribution in [0, 0.1) is 0 Å². The number of hydrogen-bond donors (Lipinski definition) is 2. The van der Waals surface area contributed by atoms with Crippen molar-refractivity contribution < 1.29 is 9.59 Å². The molecule has 0 radical (unpaired) electrons. The number of nitrogens with zero attached hydrogens (tertiary/aromatic N) is 3. The van der Waals surface area contributed by atoms with Gasteiger partial charge >= 0.3 is 0 Å². The van der Waals surface area contributed by atoms with E-state index in [4.69, 9.17) is 0 Å². The van der Waals surface area contributed by atoms with Gasteiger partial charge in [0.1, 0.15) is 0 Å². The SMILES string of the molecule is CC(=O)Nc1ccc(C(C)=NNC(=O)CSc2ncccn2)cc1. The standard InChI is InChI=1S/C16H17N5O2S/c1-11(13-4-6-14(7-5-13)19-12(2)22)20-21-15(23)10-24-16-17-8-3-9-18-16/h3-9H,10H2,1-2H3,(H,19,22)(H,21,23). The van der Waals surface area contributed by atoms with E-state index in [-0.39, 0.29) is 17.6 Å². The van der Waals surface area contributed by atoms with Gasteiger partial charge in [-0.25, -0.2) is 15.4 Å². The van der Waals surface area contributed by atoms with Crippen molar-refractivity contribution in [2.75, 3.05) is 11.1 Å². The third-order valence-electron chi connectivity index (χ3n) is 2.85. The molecule has 0 saturated carbocycles. The summed E-state index contributed by atoms with van der Waals surface area (Å²) in [6, 6.07) is 8.92. The van der Waals surface area contributed by atoms with Crippen LogP contribution >= 0.6 is 11.8 Å². The largest absolute Gasteiger partial charge is 0.326 e. The number of carbonyl (C=O) groups excluding carboxylic acids is 2. The van der Waals surface area contributed by atoms with Gasteiger partial charge in [-0.1, -0.05) is 23.9 Å². The van der Waals surface area contributed by atoms with Crippen LogP contribution in [0.15, 0.2) is 53.0 Å². The van der Waals surface area contributed by atoms with Crippen LogP contribution in [0.25, 0.3) is 0 Å². The molecule has 2 N–H and O–H groups in total. The Morgan fingerprint density at radius 2 is 1.79 bits per heavy atom. The maximum absolute atomic E-state index is 11.8. The van der Waals surface area contributed by atoms with Crippen LogP contribution in [0.2, 0.25) is 0 Å². The van der Waals surface area contributed by atoms with Gasteiger partial charge in [0, 0.05) is 25.0 Å². The number of rotatable bonds is 6. The zero-order chi connectivity index (χ0) is 17.4. The minimum Gasteiger partial charge on any atom is -0.326 e. The predicted molar refractivity (Wildman–Crippen MR) is 93.9 cm³/mol. The predicted octanol–water partition coefficient (Wildman–Crippen LogP) is 2.07. The zero-order valence-electron chi connectivity index (χ0n) is 13.3. The summed E-state index contributed by atoms with van der Waals surface area (Å²) in [6.45, 7) is 3.25. The third kappa shape index (κ3) is 5.81. The molecular formula is C16H17N5O2S. The Morgan fingerprint density at radius 1 is 1.12 bits per heavy atom. The molecule has 0 bridgehead atoms. The van der Waals surface area contributed by atoms with Gasteiger partial charge in [-0.05, 0) is 30.7 Å². The molecule has 0 aliphatic carbocycles. The monoisotopic (exact) mass is 343 g/mol. The average molecular weight is 343 g/mol. The van der Waals surface area contributed by atoms with E-state index in [1.54, 1.807) is 37.5 Å². The fourth-order valence-electron chi connectivity index (χ4n) is 1.73. The molecule has 24 heavy (non-hydrogen) atoms. The highest BCUT2D eigenvalue weighted by molar-refractivity contribution is 7.99. The number of amides is 2. The number of hydrogen-bond acceptors (Lipinski definition) is 6. The Bertz CT molecular complexity index is 732. The van der Waals surface area contributed by atoms with E-state index in [0.29, 0.717) is 16.6 Å². The lowest BCUT2D eigenvalue weighted by atomic mass is 10.1. The van der Waals surface area contributed by atoms with Crippen LogP contribution in [-0.4, -0.2) is 33.2 Å². The van der Waals surface area contributed by atoms with Gasteiger partial charge in [0.25, 0.3) is 5.91 Å².